The van der Waals surface area contributed by atoms with Crippen LogP contribution in [0.3, 0.4) is 0 Å². The molecular weight excluding hydrogens is 433 g/mol. The molecule has 0 saturated carbocycles. The highest BCUT2D eigenvalue weighted by atomic mass is 79.9. The molecule has 0 saturated heterocycles. The second kappa shape index (κ2) is 7.25. The third kappa shape index (κ3) is 4.09. The summed E-state index contributed by atoms with van der Waals surface area (Å²) in [4.78, 5) is 3.83. The Kier molecular flexibility index (Phi) is 5.24. The van der Waals surface area contributed by atoms with Crippen molar-refractivity contribution >= 4 is 37.6 Å². The van der Waals surface area contributed by atoms with E-state index in [-0.39, 0.29) is 16.5 Å². The molecule has 25 heavy (non-hydrogen) atoms. The fourth-order valence-corrected chi connectivity index (χ4v) is 4.27. The van der Waals surface area contributed by atoms with Crippen LogP contribution in [0.2, 0.25) is 5.02 Å². The van der Waals surface area contributed by atoms with E-state index in [0.29, 0.717) is 15.7 Å². The summed E-state index contributed by atoms with van der Waals surface area (Å²) in [5, 5.41) is 0.100. The molecule has 5 nitrogen and oxygen atoms in total. The van der Waals surface area contributed by atoms with E-state index < -0.39 is 15.8 Å². The Hall–Kier alpha value is -1.74. The summed E-state index contributed by atoms with van der Waals surface area (Å²) in [6.07, 6.45) is 4.65. The smallest absolute Gasteiger partial charge is 0.242 e. The molecule has 1 heterocycles. The van der Waals surface area contributed by atoms with Crippen LogP contribution in [0.1, 0.15) is 5.56 Å². The fraction of sp³-hybridized carbons (Fsp3) is 0.0625. The molecule has 3 aromatic rings. The van der Waals surface area contributed by atoms with Crippen LogP contribution in [-0.2, 0) is 16.6 Å². The molecule has 1 aromatic heterocycles. The Morgan fingerprint density at radius 1 is 1.24 bits per heavy atom. The van der Waals surface area contributed by atoms with Gasteiger partial charge in [0.05, 0.1) is 17.0 Å². The van der Waals surface area contributed by atoms with Gasteiger partial charge in [0.15, 0.2) is 0 Å². The maximum atomic E-state index is 14.2. The zero-order valence-electron chi connectivity index (χ0n) is 12.7. The van der Waals surface area contributed by atoms with E-state index in [1.54, 1.807) is 30.6 Å². The number of nitrogens with one attached hydrogen (secondary N) is 1. The first kappa shape index (κ1) is 18.1. The molecular formula is C16H12BrClFN3O2S. The average molecular weight is 445 g/mol. The molecule has 0 spiro atoms. The van der Waals surface area contributed by atoms with E-state index in [1.807, 2.05) is 0 Å². The highest BCUT2D eigenvalue weighted by molar-refractivity contribution is 9.10. The Balaban J connectivity index is 1.78. The van der Waals surface area contributed by atoms with Crippen LogP contribution < -0.4 is 4.72 Å². The minimum atomic E-state index is -3.81. The lowest BCUT2D eigenvalue weighted by atomic mass is 10.2. The van der Waals surface area contributed by atoms with Crippen LogP contribution >= 0.6 is 27.5 Å². The number of hydrogen-bond acceptors (Lipinski definition) is 3. The minimum absolute atomic E-state index is 0.0344. The van der Waals surface area contributed by atoms with Gasteiger partial charge in [0.2, 0.25) is 10.0 Å². The van der Waals surface area contributed by atoms with Crippen molar-refractivity contribution in [3.63, 3.8) is 0 Å². The third-order valence-corrected chi connectivity index (χ3v) is 5.82. The predicted molar refractivity (Wildman–Crippen MR) is 96.7 cm³/mol. The van der Waals surface area contributed by atoms with Gasteiger partial charge in [-0.05, 0) is 35.9 Å². The van der Waals surface area contributed by atoms with Crippen molar-refractivity contribution in [2.75, 3.05) is 0 Å². The quantitative estimate of drug-likeness (QED) is 0.649. The Labute approximate surface area is 157 Å². The van der Waals surface area contributed by atoms with Crippen LogP contribution in [0.4, 0.5) is 4.39 Å². The first-order valence-corrected chi connectivity index (χ1v) is 9.74. The number of benzene rings is 2. The molecule has 2 aromatic carbocycles. The Morgan fingerprint density at radius 3 is 2.68 bits per heavy atom. The molecule has 0 atom stereocenters. The van der Waals surface area contributed by atoms with Gasteiger partial charge < -0.3 is 4.57 Å². The lowest BCUT2D eigenvalue weighted by Crippen LogP contribution is -2.23. The van der Waals surface area contributed by atoms with Crippen molar-refractivity contribution in [3.8, 4) is 5.69 Å². The standard InChI is InChI=1S/C16H12BrClFN3O2S/c17-12-2-4-16(13(18)8-12)25(23,24)21-9-11-1-3-15(14(19)7-11)22-6-5-20-10-22/h1-8,10,21H,9H2. The van der Waals surface area contributed by atoms with Gasteiger partial charge in [-0.1, -0.05) is 33.6 Å². The number of sulfonamides is 1. The van der Waals surface area contributed by atoms with Crippen molar-refractivity contribution in [2.24, 2.45) is 0 Å². The SMILES string of the molecule is O=S(=O)(NCc1ccc(-n2ccnc2)c(F)c1)c1ccc(Br)cc1Cl. The lowest BCUT2D eigenvalue weighted by Gasteiger charge is -2.10. The normalized spacial score (nSPS) is 11.6. The van der Waals surface area contributed by atoms with Crippen molar-refractivity contribution in [1.29, 1.82) is 0 Å². The second-order valence-corrected chi connectivity index (χ2v) is 8.21. The van der Waals surface area contributed by atoms with Crippen LogP contribution in [-0.4, -0.2) is 18.0 Å². The molecule has 0 aliphatic heterocycles. The third-order valence-electron chi connectivity index (χ3n) is 3.44. The van der Waals surface area contributed by atoms with E-state index in [4.69, 9.17) is 11.6 Å². The van der Waals surface area contributed by atoms with Crippen LogP contribution in [0, 0.1) is 5.82 Å². The minimum Gasteiger partial charge on any atom is -0.303 e. The molecule has 0 aliphatic carbocycles. The number of halogens is 3. The summed E-state index contributed by atoms with van der Waals surface area (Å²) in [5.41, 5.74) is 0.818. The lowest BCUT2D eigenvalue weighted by molar-refractivity contribution is 0.580. The molecule has 0 amide bonds. The van der Waals surface area contributed by atoms with Gasteiger partial charge in [-0.3, -0.25) is 0 Å². The first-order chi connectivity index (χ1) is 11.9. The Bertz CT molecular complexity index is 1010. The molecule has 9 heteroatoms. The topological polar surface area (TPSA) is 64.0 Å². The van der Waals surface area contributed by atoms with Gasteiger partial charge in [0.25, 0.3) is 0 Å². The molecule has 0 aliphatic rings. The molecule has 0 bridgehead atoms. The largest absolute Gasteiger partial charge is 0.303 e. The molecule has 130 valence electrons. The highest BCUT2D eigenvalue weighted by Crippen LogP contribution is 2.25. The number of imidazole rings is 1. The van der Waals surface area contributed by atoms with Gasteiger partial charge in [-0.15, -0.1) is 0 Å². The summed E-state index contributed by atoms with van der Waals surface area (Å²) in [5.74, 6) is -0.476. The first-order valence-electron chi connectivity index (χ1n) is 7.08. The van der Waals surface area contributed by atoms with Gasteiger partial charge in [0, 0.05) is 23.4 Å². The molecule has 1 N–H and O–H groups in total. The molecule has 0 radical (unpaired) electrons. The van der Waals surface area contributed by atoms with Crippen LogP contribution in [0.25, 0.3) is 5.69 Å². The summed E-state index contributed by atoms with van der Waals surface area (Å²) in [6.45, 7) is -0.0597. The Morgan fingerprint density at radius 2 is 2.04 bits per heavy atom. The number of rotatable bonds is 5. The van der Waals surface area contributed by atoms with Crippen LogP contribution in [0.15, 0.2) is 64.5 Å². The maximum absolute atomic E-state index is 14.2. The van der Waals surface area contributed by atoms with E-state index in [0.717, 1.165) is 0 Å². The summed E-state index contributed by atoms with van der Waals surface area (Å²) in [7, 11) is -3.81. The van der Waals surface area contributed by atoms with E-state index in [1.165, 1.54) is 29.1 Å². The van der Waals surface area contributed by atoms with Crippen molar-refractivity contribution < 1.29 is 12.8 Å². The highest BCUT2D eigenvalue weighted by Gasteiger charge is 2.18. The van der Waals surface area contributed by atoms with Crippen LogP contribution in [0.5, 0.6) is 0 Å². The summed E-state index contributed by atoms with van der Waals surface area (Å²) < 4.78 is 43.6. The molecule has 0 unspecified atom stereocenters. The number of aromatic nitrogens is 2. The van der Waals surface area contributed by atoms with Crippen molar-refractivity contribution in [1.82, 2.24) is 14.3 Å². The maximum Gasteiger partial charge on any atom is 0.242 e. The van der Waals surface area contributed by atoms with Gasteiger partial charge in [-0.2, -0.15) is 0 Å². The fourth-order valence-electron chi connectivity index (χ4n) is 2.22. The summed E-state index contributed by atoms with van der Waals surface area (Å²) >= 11 is 9.20. The van der Waals surface area contributed by atoms with Crippen molar-refractivity contribution in [3.05, 3.63) is 76.0 Å². The van der Waals surface area contributed by atoms with Gasteiger partial charge in [0.1, 0.15) is 10.7 Å². The van der Waals surface area contributed by atoms with Gasteiger partial charge >= 0.3 is 0 Å². The van der Waals surface area contributed by atoms with Gasteiger partial charge in [-0.25, -0.2) is 22.5 Å². The number of hydrogen-bond donors (Lipinski definition) is 1. The van der Waals surface area contributed by atoms with E-state index >= 15 is 0 Å². The van der Waals surface area contributed by atoms with Crippen molar-refractivity contribution in [2.45, 2.75) is 11.4 Å². The zero-order chi connectivity index (χ0) is 18.0. The van der Waals surface area contributed by atoms with E-state index in [9.17, 15) is 12.8 Å². The number of nitrogens with zero attached hydrogens (tertiary/aromatic N) is 2. The zero-order valence-corrected chi connectivity index (χ0v) is 15.8. The monoisotopic (exact) mass is 443 g/mol. The second-order valence-electron chi connectivity index (χ2n) is 5.16. The molecule has 3 rings (SSSR count). The predicted octanol–water partition coefficient (Wildman–Crippen LogP) is 3.91. The molecule has 0 fully saturated rings. The average Bonchev–Trinajstić information content (AvgIpc) is 3.07. The summed E-state index contributed by atoms with van der Waals surface area (Å²) in [6, 6.07) is 8.96. The van der Waals surface area contributed by atoms with E-state index in [2.05, 4.69) is 25.6 Å².